The van der Waals surface area contributed by atoms with E-state index in [-0.39, 0.29) is 12.1 Å². The SMILES string of the molecule is CCC(C)CC(NN)C(C)OC. The van der Waals surface area contributed by atoms with Gasteiger partial charge in [-0.1, -0.05) is 20.3 Å². The lowest BCUT2D eigenvalue weighted by molar-refractivity contribution is 0.0745. The second kappa shape index (κ2) is 6.40. The molecule has 0 aliphatic heterocycles. The molecular weight excluding hydrogens is 152 g/mol. The molecule has 0 radical (unpaired) electrons. The molecule has 3 N–H and O–H groups in total. The Bertz CT molecular complexity index is 109. The molecule has 74 valence electrons. The fourth-order valence-corrected chi connectivity index (χ4v) is 1.16. The van der Waals surface area contributed by atoms with Crippen LogP contribution in [0.25, 0.3) is 0 Å². The second-order valence-corrected chi connectivity index (χ2v) is 3.46. The Morgan fingerprint density at radius 3 is 2.33 bits per heavy atom. The molecule has 0 heterocycles. The van der Waals surface area contributed by atoms with Crippen molar-refractivity contribution >= 4 is 0 Å². The van der Waals surface area contributed by atoms with Crippen LogP contribution in [-0.4, -0.2) is 19.3 Å². The fourth-order valence-electron chi connectivity index (χ4n) is 1.16. The van der Waals surface area contributed by atoms with E-state index in [1.54, 1.807) is 7.11 Å². The van der Waals surface area contributed by atoms with Crippen LogP contribution in [0.3, 0.4) is 0 Å². The molecule has 0 spiro atoms. The molecule has 12 heavy (non-hydrogen) atoms. The van der Waals surface area contributed by atoms with Crippen molar-refractivity contribution in [3.05, 3.63) is 0 Å². The van der Waals surface area contributed by atoms with Gasteiger partial charge in [0, 0.05) is 13.2 Å². The van der Waals surface area contributed by atoms with Crippen molar-refractivity contribution in [3.8, 4) is 0 Å². The fraction of sp³-hybridized carbons (Fsp3) is 1.00. The van der Waals surface area contributed by atoms with E-state index in [4.69, 9.17) is 10.6 Å². The average molecular weight is 174 g/mol. The van der Waals surface area contributed by atoms with E-state index in [9.17, 15) is 0 Å². The van der Waals surface area contributed by atoms with Crippen LogP contribution in [-0.2, 0) is 4.74 Å². The van der Waals surface area contributed by atoms with Gasteiger partial charge in [0.2, 0.25) is 0 Å². The van der Waals surface area contributed by atoms with E-state index >= 15 is 0 Å². The smallest absolute Gasteiger partial charge is 0.0709 e. The van der Waals surface area contributed by atoms with Crippen LogP contribution in [0.1, 0.15) is 33.6 Å². The highest BCUT2D eigenvalue weighted by Crippen LogP contribution is 2.12. The van der Waals surface area contributed by atoms with E-state index in [0.29, 0.717) is 5.92 Å². The van der Waals surface area contributed by atoms with Crippen molar-refractivity contribution in [1.82, 2.24) is 5.43 Å². The number of nitrogens with one attached hydrogen (secondary N) is 1. The van der Waals surface area contributed by atoms with Gasteiger partial charge in [-0.3, -0.25) is 11.3 Å². The number of nitrogens with two attached hydrogens (primary N) is 1. The maximum Gasteiger partial charge on any atom is 0.0709 e. The summed E-state index contributed by atoms with van der Waals surface area (Å²) in [5, 5.41) is 0. The van der Waals surface area contributed by atoms with Gasteiger partial charge in [0.25, 0.3) is 0 Å². The van der Waals surface area contributed by atoms with Crippen molar-refractivity contribution < 1.29 is 4.74 Å². The Balaban J connectivity index is 3.81. The topological polar surface area (TPSA) is 47.3 Å². The van der Waals surface area contributed by atoms with Crippen molar-refractivity contribution in [1.29, 1.82) is 0 Å². The maximum absolute atomic E-state index is 5.42. The van der Waals surface area contributed by atoms with Gasteiger partial charge in [-0.25, -0.2) is 0 Å². The van der Waals surface area contributed by atoms with Crippen LogP contribution >= 0.6 is 0 Å². The number of hydrazine groups is 1. The van der Waals surface area contributed by atoms with E-state index in [0.717, 1.165) is 6.42 Å². The predicted molar refractivity (Wildman–Crippen MR) is 51.7 cm³/mol. The van der Waals surface area contributed by atoms with Gasteiger partial charge in [0.1, 0.15) is 0 Å². The van der Waals surface area contributed by atoms with Gasteiger partial charge in [0.05, 0.1) is 6.10 Å². The Morgan fingerprint density at radius 2 is 2.00 bits per heavy atom. The third-order valence-electron chi connectivity index (χ3n) is 2.51. The average Bonchev–Trinajstić information content (AvgIpc) is 2.12. The Hall–Kier alpha value is -0.120. The summed E-state index contributed by atoms with van der Waals surface area (Å²) < 4.78 is 5.21. The van der Waals surface area contributed by atoms with Crippen LogP contribution < -0.4 is 11.3 Å². The zero-order chi connectivity index (χ0) is 9.56. The second-order valence-electron chi connectivity index (χ2n) is 3.46. The molecule has 0 saturated carbocycles. The van der Waals surface area contributed by atoms with E-state index < -0.39 is 0 Å². The van der Waals surface area contributed by atoms with E-state index in [1.165, 1.54) is 6.42 Å². The molecule has 3 atom stereocenters. The minimum Gasteiger partial charge on any atom is -0.380 e. The highest BCUT2D eigenvalue weighted by atomic mass is 16.5. The first-order valence-corrected chi connectivity index (χ1v) is 4.64. The first-order valence-electron chi connectivity index (χ1n) is 4.64. The first kappa shape index (κ1) is 11.9. The molecule has 3 nitrogen and oxygen atoms in total. The molecule has 3 heteroatoms. The first-order chi connectivity index (χ1) is 5.65. The molecule has 0 aliphatic carbocycles. The summed E-state index contributed by atoms with van der Waals surface area (Å²) >= 11 is 0. The summed E-state index contributed by atoms with van der Waals surface area (Å²) in [7, 11) is 1.71. The van der Waals surface area contributed by atoms with Gasteiger partial charge in [0.15, 0.2) is 0 Å². The zero-order valence-corrected chi connectivity index (χ0v) is 8.63. The third kappa shape index (κ3) is 4.04. The van der Waals surface area contributed by atoms with Gasteiger partial charge >= 0.3 is 0 Å². The van der Waals surface area contributed by atoms with Gasteiger partial charge in [-0.05, 0) is 19.3 Å². The molecule has 0 aliphatic rings. The third-order valence-corrected chi connectivity index (χ3v) is 2.51. The standard InChI is InChI=1S/C9H22N2O/c1-5-7(2)6-9(11-10)8(3)12-4/h7-9,11H,5-6,10H2,1-4H3. The summed E-state index contributed by atoms with van der Waals surface area (Å²) in [5.41, 5.74) is 2.79. The van der Waals surface area contributed by atoms with Crippen molar-refractivity contribution in [2.24, 2.45) is 11.8 Å². The van der Waals surface area contributed by atoms with Crippen LogP contribution in [0.15, 0.2) is 0 Å². The van der Waals surface area contributed by atoms with Gasteiger partial charge in [-0.15, -0.1) is 0 Å². The Labute approximate surface area is 75.6 Å². The summed E-state index contributed by atoms with van der Waals surface area (Å²) in [5.74, 6) is 6.12. The largest absolute Gasteiger partial charge is 0.380 e. The zero-order valence-electron chi connectivity index (χ0n) is 8.63. The minimum atomic E-state index is 0.184. The summed E-state index contributed by atoms with van der Waals surface area (Å²) in [4.78, 5) is 0. The van der Waals surface area contributed by atoms with Crippen LogP contribution in [0, 0.1) is 5.92 Å². The molecule has 0 rings (SSSR count). The Morgan fingerprint density at radius 1 is 1.42 bits per heavy atom. The van der Waals surface area contributed by atoms with Gasteiger partial charge < -0.3 is 4.74 Å². The number of methoxy groups -OCH3 is 1. The van der Waals surface area contributed by atoms with Crippen molar-refractivity contribution in [3.63, 3.8) is 0 Å². The van der Waals surface area contributed by atoms with E-state index in [2.05, 4.69) is 19.3 Å². The molecular formula is C9H22N2O. The highest BCUT2D eigenvalue weighted by Gasteiger charge is 2.17. The highest BCUT2D eigenvalue weighted by molar-refractivity contribution is 4.73. The Kier molecular flexibility index (Phi) is 6.34. The summed E-state index contributed by atoms with van der Waals surface area (Å²) in [6, 6.07) is 0.268. The molecule has 0 aromatic carbocycles. The molecule has 0 saturated heterocycles. The number of hydrogen-bond donors (Lipinski definition) is 2. The molecule has 3 unspecified atom stereocenters. The number of hydrogen-bond acceptors (Lipinski definition) is 3. The quantitative estimate of drug-likeness (QED) is 0.471. The van der Waals surface area contributed by atoms with Crippen LogP contribution in [0.5, 0.6) is 0 Å². The van der Waals surface area contributed by atoms with E-state index in [1.807, 2.05) is 6.92 Å². The van der Waals surface area contributed by atoms with Gasteiger partial charge in [-0.2, -0.15) is 0 Å². The van der Waals surface area contributed by atoms with Crippen LogP contribution in [0.4, 0.5) is 0 Å². The predicted octanol–water partition coefficient (Wildman–Crippen LogP) is 1.29. The normalized spacial score (nSPS) is 18.8. The number of ether oxygens (including phenoxy) is 1. The lowest BCUT2D eigenvalue weighted by Crippen LogP contribution is -2.44. The van der Waals surface area contributed by atoms with Crippen molar-refractivity contribution in [2.75, 3.05) is 7.11 Å². The minimum absolute atomic E-state index is 0.184. The lowest BCUT2D eigenvalue weighted by atomic mass is 9.97. The van der Waals surface area contributed by atoms with Crippen LogP contribution in [0.2, 0.25) is 0 Å². The molecule has 0 aromatic heterocycles. The molecule has 0 fully saturated rings. The molecule has 0 amide bonds. The lowest BCUT2D eigenvalue weighted by Gasteiger charge is -2.24. The summed E-state index contributed by atoms with van der Waals surface area (Å²) in [6.07, 6.45) is 2.44. The number of rotatable bonds is 6. The molecule has 0 bridgehead atoms. The summed E-state index contributed by atoms with van der Waals surface area (Å²) in [6.45, 7) is 6.45. The van der Waals surface area contributed by atoms with Crippen molar-refractivity contribution in [2.45, 2.75) is 45.8 Å². The monoisotopic (exact) mass is 174 g/mol. The maximum atomic E-state index is 5.42. The molecule has 0 aromatic rings.